The smallest absolute Gasteiger partial charge is 0.253 e. The summed E-state index contributed by atoms with van der Waals surface area (Å²) < 4.78 is 42.8. The quantitative estimate of drug-likeness (QED) is 0.418. The molecule has 0 fully saturated rings. The minimum Gasteiger partial charge on any atom is -0.480 e. The van der Waals surface area contributed by atoms with Gasteiger partial charge >= 0.3 is 0 Å². The second kappa shape index (κ2) is 10.4. The average molecular weight is 518 g/mol. The molecule has 190 valence electrons. The highest BCUT2D eigenvalue weighted by molar-refractivity contribution is 6.34. The highest BCUT2D eigenvalue weighted by Crippen LogP contribution is 2.56. The van der Waals surface area contributed by atoms with E-state index in [9.17, 15) is 4.79 Å². The number of hydrogen-bond donors (Lipinski definition) is 3. The molecule has 0 aliphatic carbocycles. The number of aromatic nitrogens is 1. The van der Waals surface area contributed by atoms with E-state index in [-0.39, 0.29) is 40.7 Å². The molecule has 0 spiro atoms. The number of nitrogens with zero attached hydrogens (tertiary/aromatic N) is 1. The summed E-state index contributed by atoms with van der Waals surface area (Å²) in [5.41, 5.74) is -0.110. The van der Waals surface area contributed by atoms with Crippen LogP contribution in [0, 0.1) is 11.6 Å². The fraction of sp³-hybridized carbons (Fsp3) is 0.308. The molecule has 1 amide bonds. The number of carbonyl (C=O) groups excluding carboxylic acids is 1. The molecule has 1 aliphatic rings. The zero-order valence-electron chi connectivity index (χ0n) is 20.0. The van der Waals surface area contributed by atoms with Gasteiger partial charge in [0.15, 0.2) is 11.4 Å². The molecule has 1 aliphatic heterocycles. The molecule has 0 saturated heterocycles. The molecule has 7 nitrogen and oxygen atoms in total. The number of halogens is 3. The Morgan fingerprint density at radius 1 is 1.25 bits per heavy atom. The van der Waals surface area contributed by atoms with Gasteiger partial charge in [0.05, 0.1) is 17.2 Å². The number of likely N-dealkylation sites (N-methyl/N-ethyl adjacent to an activating group) is 1. The minimum atomic E-state index is -1.00. The maximum Gasteiger partial charge on any atom is 0.253 e. The summed E-state index contributed by atoms with van der Waals surface area (Å²) in [4.78, 5) is 16.6. The van der Waals surface area contributed by atoms with E-state index in [0.29, 0.717) is 12.1 Å². The molecule has 0 unspecified atom stereocenters. The van der Waals surface area contributed by atoms with Crippen molar-refractivity contribution < 1.29 is 28.2 Å². The second-order valence-corrected chi connectivity index (χ2v) is 8.76. The van der Waals surface area contributed by atoms with Gasteiger partial charge in [0.1, 0.15) is 18.2 Å². The zero-order chi connectivity index (χ0) is 26.0. The van der Waals surface area contributed by atoms with Crippen LogP contribution in [0.15, 0.2) is 42.6 Å². The first-order valence-corrected chi connectivity index (χ1v) is 11.7. The molecule has 2 heterocycles. The molecule has 10 heteroatoms. The van der Waals surface area contributed by atoms with Crippen LogP contribution in [0.2, 0.25) is 5.02 Å². The van der Waals surface area contributed by atoms with E-state index in [1.54, 1.807) is 7.05 Å². The van der Waals surface area contributed by atoms with E-state index in [4.69, 9.17) is 26.2 Å². The van der Waals surface area contributed by atoms with Gasteiger partial charge in [-0.15, -0.1) is 0 Å². The number of aliphatic hydroxyl groups excluding tert-OH is 1. The monoisotopic (exact) mass is 517 g/mol. The van der Waals surface area contributed by atoms with E-state index in [2.05, 4.69) is 15.6 Å². The Hall–Kier alpha value is -3.27. The lowest BCUT2D eigenvalue weighted by molar-refractivity contribution is 0.0719. The Balaban J connectivity index is 2.03. The molecule has 3 N–H and O–H groups in total. The number of carbonyl (C=O) groups is 1. The van der Waals surface area contributed by atoms with Crippen LogP contribution in [0.5, 0.6) is 11.6 Å². The molecule has 0 bridgehead atoms. The van der Waals surface area contributed by atoms with E-state index in [0.717, 1.165) is 11.8 Å². The van der Waals surface area contributed by atoms with Crippen molar-refractivity contribution in [2.75, 3.05) is 33.9 Å². The first kappa shape index (κ1) is 25.8. The topological polar surface area (TPSA) is 92.7 Å². The molecule has 0 saturated carbocycles. The number of fused-ring (bicyclic) bond motifs is 1. The van der Waals surface area contributed by atoms with Gasteiger partial charge in [-0.1, -0.05) is 48.9 Å². The normalized spacial score (nSPS) is 18.5. The van der Waals surface area contributed by atoms with Crippen molar-refractivity contribution in [3.8, 4) is 22.8 Å². The van der Waals surface area contributed by atoms with Crippen LogP contribution in [-0.4, -0.2) is 49.9 Å². The van der Waals surface area contributed by atoms with E-state index in [1.165, 1.54) is 13.1 Å². The molecular weight excluding hydrogens is 492 g/mol. The molecular formula is C26H26ClF2N3O4. The highest BCUT2D eigenvalue weighted by Gasteiger charge is 2.49. The summed E-state index contributed by atoms with van der Waals surface area (Å²) in [6.45, 7) is 1.64. The van der Waals surface area contributed by atoms with Crippen LogP contribution in [0.1, 0.15) is 34.3 Å². The van der Waals surface area contributed by atoms with Crippen molar-refractivity contribution in [1.82, 2.24) is 15.6 Å². The molecule has 1 aromatic heterocycles. The Kier molecular flexibility index (Phi) is 7.44. The maximum atomic E-state index is 15.9. The Morgan fingerprint density at radius 2 is 1.97 bits per heavy atom. The SMILES string of the molecule is CNC[C@]1(c2ccccc2)Oc2cc(F)c(Cl)c(-c3c(C(=O)NC)cnc(OCCO)c3F)c2[C@@H]1C. The second-order valence-electron chi connectivity index (χ2n) is 8.39. The number of ether oxygens (including phenoxy) is 2. The predicted molar refractivity (Wildman–Crippen MR) is 132 cm³/mol. The third kappa shape index (κ3) is 4.17. The van der Waals surface area contributed by atoms with Gasteiger partial charge in [-0.05, 0) is 12.6 Å². The van der Waals surface area contributed by atoms with Crippen molar-refractivity contribution in [2.24, 2.45) is 0 Å². The van der Waals surface area contributed by atoms with E-state index >= 15 is 8.78 Å². The molecule has 2 aromatic carbocycles. The minimum absolute atomic E-state index is 0.0135. The molecule has 0 radical (unpaired) electrons. The third-order valence-corrected chi connectivity index (χ3v) is 6.76. The Labute approximate surface area is 212 Å². The van der Waals surface area contributed by atoms with Crippen molar-refractivity contribution in [1.29, 1.82) is 0 Å². The van der Waals surface area contributed by atoms with Crippen molar-refractivity contribution in [3.05, 3.63) is 75.9 Å². The number of amides is 1. The van der Waals surface area contributed by atoms with Crippen molar-refractivity contribution >= 4 is 17.5 Å². The van der Waals surface area contributed by atoms with E-state index in [1.807, 2.05) is 37.3 Å². The third-order valence-electron chi connectivity index (χ3n) is 6.39. The molecule has 4 rings (SSSR count). The largest absolute Gasteiger partial charge is 0.480 e. The summed E-state index contributed by atoms with van der Waals surface area (Å²) in [7, 11) is 3.16. The Morgan fingerprint density at radius 3 is 2.61 bits per heavy atom. The van der Waals surface area contributed by atoms with Crippen LogP contribution in [0.3, 0.4) is 0 Å². The van der Waals surface area contributed by atoms with Gasteiger partial charge in [-0.25, -0.2) is 13.8 Å². The highest BCUT2D eigenvalue weighted by atomic mass is 35.5. The predicted octanol–water partition coefficient (Wildman–Crippen LogP) is 4.02. The maximum absolute atomic E-state index is 15.9. The van der Waals surface area contributed by atoms with Gasteiger partial charge in [0.2, 0.25) is 0 Å². The van der Waals surface area contributed by atoms with E-state index < -0.39 is 34.9 Å². The lowest BCUT2D eigenvalue weighted by atomic mass is 9.77. The van der Waals surface area contributed by atoms with Crippen molar-refractivity contribution in [3.63, 3.8) is 0 Å². The molecule has 2 atom stereocenters. The number of pyridine rings is 1. The van der Waals surface area contributed by atoms with Gasteiger partial charge in [-0.3, -0.25) is 4.79 Å². The fourth-order valence-electron chi connectivity index (χ4n) is 4.74. The molecule has 36 heavy (non-hydrogen) atoms. The summed E-state index contributed by atoms with van der Waals surface area (Å²) in [5, 5.41) is 14.3. The number of benzene rings is 2. The lowest BCUT2D eigenvalue weighted by Gasteiger charge is -2.33. The fourth-order valence-corrected chi connectivity index (χ4v) is 4.99. The number of aliphatic hydroxyl groups is 1. The number of nitrogens with one attached hydrogen (secondary N) is 2. The van der Waals surface area contributed by atoms with Crippen molar-refractivity contribution in [2.45, 2.75) is 18.4 Å². The van der Waals surface area contributed by atoms with Gasteiger partial charge in [0, 0.05) is 48.5 Å². The number of rotatable bonds is 8. The van der Waals surface area contributed by atoms with Gasteiger partial charge in [0.25, 0.3) is 11.8 Å². The summed E-state index contributed by atoms with van der Waals surface area (Å²) in [6, 6.07) is 10.6. The first-order valence-electron chi connectivity index (χ1n) is 11.4. The van der Waals surface area contributed by atoms with Crippen LogP contribution in [0.4, 0.5) is 8.78 Å². The molecule has 3 aromatic rings. The van der Waals surface area contributed by atoms with Crippen LogP contribution in [0.25, 0.3) is 11.1 Å². The van der Waals surface area contributed by atoms with Crippen LogP contribution in [-0.2, 0) is 5.60 Å². The summed E-state index contributed by atoms with van der Waals surface area (Å²) in [5.74, 6) is -3.18. The van der Waals surface area contributed by atoms with Crippen LogP contribution < -0.4 is 20.1 Å². The average Bonchev–Trinajstić information content (AvgIpc) is 3.16. The van der Waals surface area contributed by atoms with Gasteiger partial charge < -0.3 is 25.2 Å². The van der Waals surface area contributed by atoms with Gasteiger partial charge in [-0.2, -0.15) is 0 Å². The summed E-state index contributed by atoms with van der Waals surface area (Å²) in [6.07, 6.45) is 1.14. The van der Waals surface area contributed by atoms with Crippen LogP contribution >= 0.6 is 11.6 Å². The number of hydrogen-bond acceptors (Lipinski definition) is 6. The standard InChI is InChI=1S/C26H26ClF2N3O4/c1-14-19-18(36-26(14,13-30-2)15-7-5-4-6-8-15)11-17(28)22(27)21(19)20-16(24(34)31-3)12-32-25(23(20)29)35-10-9-33/h4-8,11-12,14,30,33H,9-10,13H2,1-3H3,(H,31,34)/t14-,26-/m0/s1. The zero-order valence-corrected chi connectivity index (χ0v) is 20.7. The lowest BCUT2D eigenvalue weighted by Crippen LogP contribution is -2.43. The summed E-state index contributed by atoms with van der Waals surface area (Å²) >= 11 is 6.50. The Bertz CT molecular complexity index is 1290. The first-order chi connectivity index (χ1) is 17.3.